The molecule has 0 aliphatic heterocycles. The first-order valence-corrected chi connectivity index (χ1v) is 12.5. The predicted molar refractivity (Wildman–Crippen MR) is 149 cm³/mol. The zero-order valence-corrected chi connectivity index (χ0v) is 21.4. The van der Waals surface area contributed by atoms with Crippen LogP contribution in [-0.4, -0.2) is 17.5 Å². The van der Waals surface area contributed by atoms with Crippen LogP contribution in [-0.2, 0) is 6.54 Å². The van der Waals surface area contributed by atoms with Gasteiger partial charge in [-0.1, -0.05) is 83.0 Å². The Morgan fingerprint density at radius 2 is 1.43 bits per heavy atom. The summed E-state index contributed by atoms with van der Waals surface area (Å²) in [6.07, 6.45) is 0. The summed E-state index contributed by atoms with van der Waals surface area (Å²) in [5.74, 6) is 1.57. The Balaban J connectivity index is 1.64. The molecule has 5 aromatic rings. The van der Waals surface area contributed by atoms with Crippen molar-refractivity contribution in [3.63, 3.8) is 0 Å². The molecule has 4 aromatic carbocycles. The summed E-state index contributed by atoms with van der Waals surface area (Å²) >= 11 is 0. The van der Waals surface area contributed by atoms with E-state index in [2.05, 4.69) is 48.6 Å². The van der Waals surface area contributed by atoms with Crippen molar-refractivity contribution >= 4 is 28.1 Å². The molecule has 0 aliphatic rings. The molecule has 184 valence electrons. The van der Waals surface area contributed by atoms with E-state index < -0.39 is 0 Å². The van der Waals surface area contributed by atoms with Gasteiger partial charge in [0.1, 0.15) is 17.1 Å². The number of Topliss-reactive ketones (excluding diaryl/α,β-unsaturated/α-hetero) is 1. The van der Waals surface area contributed by atoms with Crippen molar-refractivity contribution in [1.82, 2.24) is 5.10 Å². The van der Waals surface area contributed by atoms with Gasteiger partial charge in [-0.25, -0.2) is 5.32 Å². The minimum atomic E-state index is -0.00243. The van der Waals surface area contributed by atoms with E-state index in [1.54, 1.807) is 4.68 Å². The van der Waals surface area contributed by atoms with Crippen LogP contribution in [0, 0.1) is 13.8 Å². The first-order chi connectivity index (χ1) is 18.0. The maximum absolute atomic E-state index is 13.4. The molecule has 5 heteroatoms. The average molecular weight is 489 g/mol. The van der Waals surface area contributed by atoms with Crippen molar-refractivity contribution < 1.29 is 14.2 Å². The number of ketones is 1. The monoisotopic (exact) mass is 488 g/mol. The highest BCUT2D eigenvalue weighted by molar-refractivity contribution is 6.00. The van der Waals surface area contributed by atoms with Crippen molar-refractivity contribution in [2.75, 3.05) is 11.9 Å². The van der Waals surface area contributed by atoms with Crippen LogP contribution in [0.3, 0.4) is 0 Å². The molecule has 1 N–H and O–H groups in total. The van der Waals surface area contributed by atoms with Crippen LogP contribution in [0.4, 0.5) is 11.5 Å². The summed E-state index contributed by atoms with van der Waals surface area (Å²) in [6, 6.07) is 32.0. The highest BCUT2D eigenvalue weighted by Gasteiger charge is 2.23. The van der Waals surface area contributed by atoms with Crippen molar-refractivity contribution in [2.45, 2.75) is 27.3 Å². The number of hydrogen-bond acceptors (Lipinski definition) is 4. The predicted octanol–water partition coefficient (Wildman–Crippen LogP) is 6.83. The molecule has 0 aliphatic carbocycles. The van der Waals surface area contributed by atoms with Crippen LogP contribution >= 0.6 is 0 Å². The number of ether oxygens (including phenoxy) is 1. The molecule has 1 aromatic heterocycles. The maximum atomic E-state index is 13.4. The van der Waals surface area contributed by atoms with E-state index in [4.69, 9.17) is 9.84 Å². The Bertz CT molecular complexity index is 1540. The molecule has 37 heavy (non-hydrogen) atoms. The summed E-state index contributed by atoms with van der Waals surface area (Å²) in [4.78, 5) is 13.4. The van der Waals surface area contributed by atoms with Crippen molar-refractivity contribution in [3.05, 3.63) is 114 Å². The lowest BCUT2D eigenvalue weighted by Gasteiger charge is -2.13. The number of aryl methyl sites for hydroxylation is 2. The molecular weight excluding hydrogens is 458 g/mol. The van der Waals surface area contributed by atoms with Gasteiger partial charge in [-0.3, -0.25) is 4.79 Å². The van der Waals surface area contributed by atoms with Gasteiger partial charge in [0, 0.05) is 16.5 Å². The lowest BCUT2D eigenvalue weighted by molar-refractivity contribution is -0.725. The molecule has 0 atom stereocenters. The van der Waals surface area contributed by atoms with Gasteiger partial charge in [-0.05, 0) is 51.1 Å². The first-order valence-electron chi connectivity index (χ1n) is 12.5. The molecule has 0 amide bonds. The number of carbonyl (C=O) groups is 1. The van der Waals surface area contributed by atoms with Crippen LogP contribution in [0.2, 0.25) is 0 Å². The van der Waals surface area contributed by atoms with E-state index >= 15 is 0 Å². The highest BCUT2D eigenvalue weighted by Crippen LogP contribution is 2.31. The Kier molecular flexibility index (Phi) is 6.95. The van der Waals surface area contributed by atoms with Crippen molar-refractivity contribution in [1.29, 1.82) is 0 Å². The fourth-order valence-corrected chi connectivity index (χ4v) is 4.34. The van der Waals surface area contributed by atoms with E-state index in [1.165, 1.54) is 5.56 Å². The van der Waals surface area contributed by atoms with Gasteiger partial charge in [0.15, 0.2) is 6.54 Å². The van der Waals surface area contributed by atoms with Gasteiger partial charge in [-0.15, -0.1) is 4.68 Å². The Morgan fingerprint density at radius 3 is 2.08 bits per heavy atom. The largest absolute Gasteiger partial charge is 0.494 e. The zero-order valence-electron chi connectivity index (χ0n) is 21.4. The minimum Gasteiger partial charge on any atom is -0.494 e. The lowest BCUT2D eigenvalue weighted by Crippen LogP contribution is -2.44. The van der Waals surface area contributed by atoms with Crippen LogP contribution < -0.4 is 14.7 Å². The van der Waals surface area contributed by atoms with Gasteiger partial charge in [-0.2, -0.15) is 0 Å². The Hall–Kier alpha value is -4.51. The van der Waals surface area contributed by atoms with Gasteiger partial charge in [0.2, 0.25) is 5.78 Å². The number of rotatable bonds is 8. The minimum absolute atomic E-state index is 0.00243. The number of fused-ring (bicyclic) bond motifs is 1. The van der Waals surface area contributed by atoms with Gasteiger partial charge >= 0.3 is 5.82 Å². The van der Waals surface area contributed by atoms with E-state index in [0.717, 1.165) is 44.8 Å². The molecule has 0 fully saturated rings. The molecule has 0 radical (unpaired) electrons. The lowest BCUT2D eigenvalue weighted by atomic mass is 10.0. The van der Waals surface area contributed by atoms with Gasteiger partial charge in [0.25, 0.3) is 0 Å². The van der Waals surface area contributed by atoms with Crippen molar-refractivity contribution in [3.8, 4) is 17.0 Å². The molecule has 0 saturated carbocycles. The summed E-state index contributed by atoms with van der Waals surface area (Å²) < 4.78 is 7.39. The number of nitrogens with zero attached hydrogens (tertiary/aromatic N) is 2. The van der Waals surface area contributed by atoms with Crippen LogP contribution in [0.1, 0.15) is 28.4 Å². The third-order valence-corrected chi connectivity index (χ3v) is 6.34. The molecule has 0 saturated heterocycles. The van der Waals surface area contributed by atoms with E-state index in [0.29, 0.717) is 12.2 Å². The molecule has 0 bridgehead atoms. The molecule has 5 rings (SSSR count). The smallest absolute Gasteiger partial charge is 0.308 e. The average Bonchev–Trinajstić information content (AvgIpc) is 2.92. The normalized spacial score (nSPS) is 10.9. The number of anilines is 2. The Labute approximate surface area is 217 Å². The van der Waals surface area contributed by atoms with E-state index in [-0.39, 0.29) is 12.3 Å². The second-order valence-electron chi connectivity index (χ2n) is 9.14. The quantitative estimate of drug-likeness (QED) is 0.192. The zero-order chi connectivity index (χ0) is 25.8. The number of nitrogens with one attached hydrogen (secondary N) is 1. The topological polar surface area (TPSA) is 55.1 Å². The second kappa shape index (κ2) is 10.6. The van der Waals surface area contributed by atoms with E-state index in [9.17, 15) is 4.79 Å². The van der Waals surface area contributed by atoms with Crippen LogP contribution in [0.25, 0.3) is 22.0 Å². The third-order valence-electron chi connectivity index (χ3n) is 6.34. The van der Waals surface area contributed by atoms with Gasteiger partial charge < -0.3 is 4.74 Å². The van der Waals surface area contributed by atoms with Crippen LogP contribution in [0.15, 0.2) is 97.1 Å². The summed E-state index contributed by atoms with van der Waals surface area (Å²) in [6.45, 7) is 6.77. The SMILES string of the molecule is CCOc1ccc(Nc2c3ccccc3c(-c3ccc(C)cc3)n[n+]2CC(=O)c2ccc(C)cc2)cc1. The number of aromatic nitrogens is 2. The molecule has 1 heterocycles. The van der Waals surface area contributed by atoms with Crippen LogP contribution in [0.5, 0.6) is 5.75 Å². The fourth-order valence-electron chi connectivity index (χ4n) is 4.34. The molecular formula is C32H30N3O2+. The number of hydrogen-bond donors (Lipinski definition) is 1. The van der Waals surface area contributed by atoms with Crippen molar-refractivity contribution in [2.24, 2.45) is 0 Å². The number of benzene rings is 4. The Morgan fingerprint density at radius 1 is 0.811 bits per heavy atom. The summed E-state index contributed by atoms with van der Waals surface area (Å²) in [5.41, 5.74) is 5.69. The van der Waals surface area contributed by atoms with E-state index in [1.807, 2.05) is 74.5 Å². The fraction of sp³-hybridized carbons (Fsp3) is 0.156. The first kappa shape index (κ1) is 24.2. The molecule has 0 spiro atoms. The summed E-state index contributed by atoms with van der Waals surface area (Å²) in [7, 11) is 0. The standard InChI is InChI=1S/C32H29N3O2/c1-4-37-27-19-17-26(18-20-27)33-32-29-8-6-5-7-28(29)31(25-15-11-23(3)12-16-25)34-35(32)21-30(36)24-13-9-22(2)10-14-24/h5-20H,4,21H2,1-3H3/p+1. The molecule has 5 nitrogen and oxygen atoms in total. The number of carbonyl (C=O) groups excluding carboxylic acids is 1. The molecule has 0 unspecified atom stereocenters. The highest BCUT2D eigenvalue weighted by atomic mass is 16.5. The van der Waals surface area contributed by atoms with Gasteiger partial charge in [0.05, 0.1) is 12.0 Å². The summed E-state index contributed by atoms with van der Waals surface area (Å²) in [5, 5.41) is 10.6. The third kappa shape index (κ3) is 5.36. The maximum Gasteiger partial charge on any atom is 0.308 e. The second-order valence-corrected chi connectivity index (χ2v) is 9.14.